The largest absolute Gasteiger partial charge is 0.412 e. The van der Waals surface area contributed by atoms with Gasteiger partial charge in [-0.15, -0.1) is 0 Å². The first-order valence-corrected chi connectivity index (χ1v) is 5.08. The SMILES string of the molecule is O=C1C=CC(C(F)(F)F)N1Cc1ccccc1. The van der Waals surface area contributed by atoms with E-state index in [1.165, 1.54) is 0 Å². The van der Waals surface area contributed by atoms with Gasteiger partial charge < -0.3 is 4.90 Å². The maximum Gasteiger partial charge on any atom is 0.412 e. The molecule has 0 spiro atoms. The smallest absolute Gasteiger partial charge is 0.319 e. The fourth-order valence-corrected chi connectivity index (χ4v) is 1.75. The molecule has 0 bridgehead atoms. The molecule has 0 saturated heterocycles. The lowest BCUT2D eigenvalue weighted by atomic mass is 10.2. The van der Waals surface area contributed by atoms with Crippen molar-refractivity contribution in [1.82, 2.24) is 4.90 Å². The zero-order valence-electron chi connectivity index (χ0n) is 8.82. The van der Waals surface area contributed by atoms with Gasteiger partial charge in [-0.25, -0.2) is 0 Å². The lowest BCUT2D eigenvalue weighted by Crippen LogP contribution is -2.43. The summed E-state index contributed by atoms with van der Waals surface area (Å²) >= 11 is 0. The van der Waals surface area contributed by atoms with E-state index in [4.69, 9.17) is 0 Å². The Balaban J connectivity index is 2.17. The Kier molecular flexibility index (Phi) is 2.92. The van der Waals surface area contributed by atoms with Crippen molar-refractivity contribution in [2.45, 2.75) is 18.8 Å². The summed E-state index contributed by atoms with van der Waals surface area (Å²) in [5.41, 5.74) is 0.679. The zero-order chi connectivity index (χ0) is 12.5. The predicted octanol–water partition coefficient (Wildman–Crippen LogP) is 2.52. The Bertz CT molecular complexity index is 439. The number of halogens is 3. The summed E-state index contributed by atoms with van der Waals surface area (Å²) in [7, 11) is 0. The molecule has 90 valence electrons. The number of hydrogen-bond donors (Lipinski definition) is 0. The molecule has 0 saturated carbocycles. The van der Waals surface area contributed by atoms with E-state index in [0.29, 0.717) is 5.56 Å². The summed E-state index contributed by atoms with van der Waals surface area (Å²) in [6, 6.07) is 6.81. The van der Waals surface area contributed by atoms with Crippen LogP contribution in [0.2, 0.25) is 0 Å². The van der Waals surface area contributed by atoms with Crippen molar-refractivity contribution < 1.29 is 18.0 Å². The number of amides is 1. The van der Waals surface area contributed by atoms with Crippen LogP contribution in [0.3, 0.4) is 0 Å². The Labute approximate surface area is 96.3 Å². The second-order valence-electron chi connectivity index (χ2n) is 3.80. The number of carbonyl (C=O) groups excluding carboxylic acids is 1. The number of benzene rings is 1. The van der Waals surface area contributed by atoms with E-state index < -0.39 is 18.1 Å². The van der Waals surface area contributed by atoms with Crippen molar-refractivity contribution in [2.75, 3.05) is 0 Å². The number of rotatable bonds is 2. The minimum atomic E-state index is -4.42. The summed E-state index contributed by atoms with van der Waals surface area (Å²) in [5, 5.41) is 0. The molecule has 0 radical (unpaired) electrons. The third-order valence-corrected chi connectivity index (χ3v) is 2.57. The van der Waals surface area contributed by atoms with Crippen LogP contribution in [0.15, 0.2) is 42.5 Å². The molecule has 1 atom stereocenters. The number of alkyl halides is 3. The summed E-state index contributed by atoms with van der Waals surface area (Å²) < 4.78 is 37.9. The molecule has 0 aliphatic carbocycles. The maximum absolute atomic E-state index is 12.6. The highest BCUT2D eigenvalue weighted by molar-refractivity contribution is 5.90. The van der Waals surface area contributed by atoms with Gasteiger partial charge in [-0.1, -0.05) is 30.3 Å². The highest BCUT2D eigenvalue weighted by atomic mass is 19.4. The molecule has 1 heterocycles. The third-order valence-electron chi connectivity index (χ3n) is 2.57. The Morgan fingerprint density at radius 2 is 1.82 bits per heavy atom. The molecule has 0 aromatic heterocycles. The Hall–Kier alpha value is -1.78. The predicted molar refractivity (Wildman–Crippen MR) is 56.0 cm³/mol. The van der Waals surface area contributed by atoms with Crippen LogP contribution in [0, 0.1) is 0 Å². The van der Waals surface area contributed by atoms with Crippen LogP contribution in [0.4, 0.5) is 13.2 Å². The molecule has 1 aliphatic heterocycles. The van der Waals surface area contributed by atoms with Gasteiger partial charge in [0.2, 0.25) is 5.91 Å². The molecule has 1 aromatic carbocycles. The van der Waals surface area contributed by atoms with Crippen molar-refractivity contribution in [2.24, 2.45) is 0 Å². The van der Waals surface area contributed by atoms with E-state index >= 15 is 0 Å². The van der Waals surface area contributed by atoms with Crippen LogP contribution in [0.25, 0.3) is 0 Å². The monoisotopic (exact) mass is 241 g/mol. The first-order chi connectivity index (χ1) is 7.98. The summed E-state index contributed by atoms with van der Waals surface area (Å²) in [6.45, 7) is -0.0309. The van der Waals surface area contributed by atoms with Gasteiger partial charge in [0, 0.05) is 12.6 Å². The molecule has 5 heteroatoms. The quantitative estimate of drug-likeness (QED) is 0.779. The van der Waals surface area contributed by atoms with Gasteiger partial charge in [-0.3, -0.25) is 4.79 Å². The summed E-state index contributed by atoms with van der Waals surface area (Å²) in [4.78, 5) is 12.2. The number of nitrogens with zero attached hydrogens (tertiary/aromatic N) is 1. The second-order valence-corrected chi connectivity index (χ2v) is 3.80. The van der Waals surface area contributed by atoms with Crippen molar-refractivity contribution >= 4 is 5.91 Å². The molecule has 2 nitrogen and oxygen atoms in total. The summed E-state index contributed by atoms with van der Waals surface area (Å²) in [5.74, 6) is -0.601. The van der Waals surface area contributed by atoms with Crippen LogP contribution in [-0.4, -0.2) is 23.0 Å². The molecule has 0 N–H and O–H groups in total. The topological polar surface area (TPSA) is 20.3 Å². The molecule has 2 rings (SSSR count). The molecule has 1 aliphatic rings. The van der Waals surface area contributed by atoms with Gasteiger partial charge in [0.05, 0.1) is 0 Å². The van der Waals surface area contributed by atoms with Gasteiger partial charge in [0.15, 0.2) is 0 Å². The van der Waals surface area contributed by atoms with E-state index in [2.05, 4.69) is 0 Å². The maximum atomic E-state index is 12.6. The van der Waals surface area contributed by atoms with E-state index in [-0.39, 0.29) is 6.54 Å². The molecule has 0 fully saturated rings. The minimum Gasteiger partial charge on any atom is -0.319 e. The molecular weight excluding hydrogens is 231 g/mol. The van der Waals surface area contributed by atoms with Gasteiger partial charge >= 0.3 is 6.18 Å². The molecular formula is C12H10F3NO. The van der Waals surface area contributed by atoms with E-state index in [1.807, 2.05) is 0 Å². The van der Waals surface area contributed by atoms with Gasteiger partial charge in [-0.05, 0) is 11.6 Å². The van der Waals surface area contributed by atoms with Crippen molar-refractivity contribution in [3.63, 3.8) is 0 Å². The molecule has 1 amide bonds. The highest BCUT2D eigenvalue weighted by Gasteiger charge is 2.45. The standard InChI is InChI=1S/C12H10F3NO/c13-12(14,15)10-6-7-11(17)16(10)8-9-4-2-1-3-5-9/h1-7,10H,8H2. The highest BCUT2D eigenvalue weighted by Crippen LogP contribution is 2.30. The van der Waals surface area contributed by atoms with Crippen LogP contribution in [-0.2, 0) is 11.3 Å². The number of carbonyl (C=O) groups is 1. The van der Waals surface area contributed by atoms with E-state index in [9.17, 15) is 18.0 Å². The Morgan fingerprint density at radius 3 is 2.41 bits per heavy atom. The first-order valence-electron chi connectivity index (χ1n) is 5.08. The average Bonchev–Trinajstić information content (AvgIpc) is 2.62. The van der Waals surface area contributed by atoms with Crippen LogP contribution >= 0.6 is 0 Å². The first kappa shape index (κ1) is 11.7. The lowest BCUT2D eigenvalue weighted by molar-refractivity contribution is -0.174. The number of hydrogen-bond acceptors (Lipinski definition) is 1. The van der Waals surface area contributed by atoms with Gasteiger partial charge in [0.1, 0.15) is 6.04 Å². The van der Waals surface area contributed by atoms with Crippen LogP contribution in [0.1, 0.15) is 5.56 Å². The zero-order valence-corrected chi connectivity index (χ0v) is 8.82. The van der Waals surface area contributed by atoms with Crippen molar-refractivity contribution in [3.8, 4) is 0 Å². The normalized spacial score (nSPS) is 20.1. The van der Waals surface area contributed by atoms with Crippen molar-refractivity contribution in [3.05, 3.63) is 48.0 Å². The molecule has 1 unspecified atom stereocenters. The second kappa shape index (κ2) is 4.24. The fourth-order valence-electron chi connectivity index (χ4n) is 1.75. The summed E-state index contributed by atoms with van der Waals surface area (Å²) in [6.07, 6.45) is -2.55. The minimum absolute atomic E-state index is 0.0309. The van der Waals surface area contributed by atoms with E-state index in [0.717, 1.165) is 17.1 Å². The lowest BCUT2D eigenvalue weighted by Gasteiger charge is -2.26. The fraction of sp³-hybridized carbons (Fsp3) is 0.250. The van der Waals surface area contributed by atoms with Crippen molar-refractivity contribution in [1.29, 1.82) is 0 Å². The van der Waals surface area contributed by atoms with Crippen LogP contribution < -0.4 is 0 Å². The van der Waals surface area contributed by atoms with Gasteiger partial charge in [-0.2, -0.15) is 13.2 Å². The average molecular weight is 241 g/mol. The van der Waals surface area contributed by atoms with E-state index in [1.54, 1.807) is 30.3 Å². The Morgan fingerprint density at radius 1 is 1.18 bits per heavy atom. The molecule has 1 aromatic rings. The van der Waals surface area contributed by atoms with Crippen LogP contribution in [0.5, 0.6) is 0 Å². The van der Waals surface area contributed by atoms with Gasteiger partial charge in [0.25, 0.3) is 0 Å². The third kappa shape index (κ3) is 2.49. The molecule has 17 heavy (non-hydrogen) atoms.